The summed E-state index contributed by atoms with van der Waals surface area (Å²) >= 11 is 0. The molecule has 3 aromatic rings. The first-order valence-electron chi connectivity index (χ1n) is 8.24. The van der Waals surface area contributed by atoms with Crippen molar-refractivity contribution in [2.75, 3.05) is 13.1 Å². The molecular weight excluding hydrogens is 325 g/mol. The molecule has 4 rings (SSSR count). The molecule has 3 heterocycles. The molecule has 0 saturated carbocycles. The van der Waals surface area contributed by atoms with E-state index in [0.29, 0.717) is 16.8 Å². The smallest absolute Gasteiger partial charge is 0.317 e. The minimum absolute atomic E-state index is 0.180. The van der Waals surface area contributed by atoms with Crippen molar-refractivity contribution in [3.05, 3.63) is 56.6 Å². The molecule has 0 amide bonds. The fraction of sp³-hybridized carbons (Fsp3) is 0.353. The van der Waals surface area contributed by atoms with Gasteiger partial charge in [-0.05, 0) is 49.5 Å². The number of halogens is 1. The Bertz CT molecular complexity index is 1060. The lowest BCUT2D eigenvalue weighted by atomic mass is 9.89. The Balaban J connectivity index is 1.90. The Kier molecular flexibility index (Phi) is 3.76. The van der Waals surface area contributed by atoms with Crippen LogP contribution in [0.15, 0.2) is 34.0 Å². The first-order valence-corrected chi connectivity index (χ1v) is 8.24. The van der Waals surface area contributed by atoms with Gasteiger partial charge in [0.2, 0.25) is 0 Å². The van der Waals surface area contributed by atoms with Crippen molar-refractivity contribution in [1.29, 1.82) is 0 Å². The van der Waals surface area contributed by atoms with Crippen LogP contribution in [0.2, 0.25) is 0 Å². The van der Waals surface area contributed by atoms with Gasteiger partial charge in [-0.3, -0.25) is 19.0 Å². The molecule has 1 fully saturated rings. The SMILES string of the molecule is Cn1nc(-n2ccc(=O)[nH]c2=O)c2cc(F)c(C3CCNCC3)cc21. The first kappa shape index (κ1) is 15.8. The van der Waals surface area contributed by atoms with E-state index in [0.717, 1.165) is 31.4 Å². The highest BCUT2D eigenvalue weighted by Crippen LogP contribution is 2.32. The zero-order valence-corrected chi connectivity index (χ0v) is 13.8. The number of rotatable bonds is 2. The first-order chi connectivity index (χ1) is 12.0. The molecule has 0 spiro atoms. The highest BCUT2D eigenvalue weighted by Gasteiger charge is 2.22. The van der Waals surface area contributed by atoms with Crippen molar-refractivity contribution < 1.29 is 4.39 Å². The third kappa shape index (κ3) is 2.68. The van der Waals surface area contributed by atoms with Crippen molar-refractivity contribution in [3.63, 3.8) is 0 Å². The predicted molar refractivity (Wildman–Crippen MR) is 91.7 cm³/mol. The van der Waals surface area contributed by atoms with Crippen LogP contribution in [0.5, 0.6) is 0 Å². The third-order valence-corrected chi connectivity index (χ3v) is 4.78. The monoisotopic (exact) mass is 343 g/mol. The molecule has 2 N–H and O–H groups in total. The average molecular weight is 343 g/mol. The van der Waals surface area contributed by atoms with Crippen LogP contribution >= 0.6 is 0 Å². The van der Waals surface area contributed by atoms with E-state index < -0.39 is 11.2 Å². The summed E-state index contributed by atoms with van der Waals surface area (Å²) in [6, 6.07) is 4.50. The summed E-state index contributed by atoms with van der Waals surface area (Å²) in [5.41, 5.74) is 0.358. The number of aromatic nitrogens is 4. The number of benzene rings is 1. The topological polar surface area (TPSA) is 84.7 Å². The van der Waals surface area contributed by atoms with Crippen LogP contribution in [-0.4, -0.2) is 32.4 Å². The zero-order valence-electron chi connectivity index (χ0n) is 13.8. The van der Waals surface area contributed by atoms with Crippen LogP contribution in [0, 0.1) is 5.82 Å². The van der Waals surface area contributed by atoms with Crippen LogP contribution < -0.4 is 16.6 Å². The summed E-state index contributed by atoms with van der Waals surface area (Å²) in [6.07, 6.45) is 3.14. The van der Waals surface area contributed by atoms with Gasteiger partial charge in [-0.1, -0.05) is 0 Å². The second kappa shape index (κ2) is 5.96. The van der Waals surface area contributed by atoms with Crippen LogP contribution in [0.3, 0.4) is 0 Å². The van der Waals surface area contributed by atoms with Gasteiger partial charge < -0.3 is 5.32 Å². The van der Waals surface area contributed by atoms with Crippen molar-refractivity contribution in [1.82, 2.24) is 24.6 Å². The summed E-state index contributed by atoms with van der Waals surface area (Å²) in [5, 5.41) is 8.17. The third-order valence-electron chi connectivity index (χ3n) is 4.78. The molecule has 0 bridgehead atoms. The Hall–Kier alpha value is -2.74. The van der Waals surface area contributed by atoms with E-state index in [2.05, 4.69) is 15.4 Å². The molecule has 2 aromatic heterocycles. The number of nitrogens with one attached hydrogen (secondary N) is 2. The molecule has 1 aliphatic heterocycles. The summed E-state index contributed by atoms with van der Waals surface area (Å²) in [5.74, 6) is 0.195. The van der Waals surface area contributed by atoms with E-state index >= 15 is 0 Å². The van der Waals surface area contributed by atoms with E-state index in [4.69, 9.17) is 0 Å². The molecule has 1 saturated heterocycles. The molecule has 0 unspecified atom stereocenters. The normalized spacial score (nSPS) is 15.8. The molecule has 1 aliphatic rings. The second-order valence-electron chi connectivity index (χ2n) is 6.34. The molecule has 25 heavy (non-hydrogen) atoms. The van der Waals surface area contributed by atoms with Gasteiger partial charge in [0.05, 0.1) is 5.52 Å². The number of hydrogen-bond donors (Lipinski definition) is 2. The van der Waals surface area contributed by atoms with Crippen molar-refractivity contribution in [3.8, 4) is 5.82 Å². The highest BCUT2D eigenvalue weighted by atomic mass is 19.1. The fourth-order valence-corrected chi connectivity index (χ4v) is 3.48. The van der Waals surface area contributed by atoms with Crippen LogP contribution in [0.25, 0.3) is 16.7 Å². The minimum Gasteiger partial charge on any atom is -0.317 e. The molecule has 7 nitrogen and oxygen atoms in total. The van der Waals surface area contributed by atoms with E-state index in [-0.39, 0.29) is 11.7 Å². The number of hydrogen-bond acceptors (Lipinski definition) is 4. The molecule has 0 aliphatic carbocycles. The van der Waals surface area contributed by atoms with Crippen LogP contribution in [0.4, 0.5) is 4.39 Å². The summed E-state index contributed by atoms with van der Waals surface area (Å²) in [4.78, 5) is 25.5. The molecular formula is C17H18FN5O2. The Morgan fingerprint density at radius 2 is 2.00 bits per heavy atom. The van der Waals surface area contributed by atoms with E-state index in [9.17, 15) is 14.0 Å². The van der Waals surface area contributed by atoms with Crippen LogP contribution in [0.1, 0.15) is 24.3 Å². The summed E-state index contributed by atoms with van der Waals surface area (Å²) in [6.45, 7) is 1.76. The van der Waals surface area contributed by atoms with Gasteiger partial charge in [-0.2, -0.15) is 5.10 Å². The Labute approximate surface area is 142 Å². The molecule has 0 radical (unpaired) electrons. The van der Waals surface area contributed by atoms with Gasteiger partial charge in [-0.25, -0.2) is 9.18 Å². The van der Waals surface area contributed by atoms with E-state index in [1.165, 1.54) is 22.9 Å². The molecule has 0 atom stereocenters. The number of piperidine rings is 1. The number of nitrogens with zero attached hydrogens (tertiary/aromatic N) is 3. The van der Waals surface area contributed by atoms with E-state index in [1.807, 2.05) is 6.07 Å². The van der Waals surface area contributed by atoms with Crippen molar-refractivity contribution >= 4 is 10.9 Å². The number of H-pyrrole nitrogens is 1. The summed E-state index contributed by atoms with van der Waals surface area (Å²) in [7, 11) is 1.76. The highest BCUT2D eigenvalue weighted by molar-refractivity contribution is 5.87. The van der Waals surface area contributed by atoms with Gasteiger partial charge in [0.25, 0.3) is 5.56 Å². The van der Waals surface area contributed by atoms with E-state index in [1.54, 1.807) is 11.7 Å². The van der Waals surface area contributed by atoms with Gasteiger partial charge >= 0.3 is 5.69 Å². The number of aromatic amines is 1. The molecule has 130 valence electrons. The lowest BCUT2D eigenvalue weighted by molar-refractivity contribution is 0.445. The quantitative estimate of drug-likeness (QED) is 0.728. The predicted octanol–water partition coefficient (Wildman–Crippen LogP) is 1.02. The van der Waals surface area contributed by atoms with Crippen molar-refractivity contribution in [2.45, 2.75) is 18.8 Å². The Morgan fingerprint density at radius 1 is 1.24 bits per heavy atom. The van der Waals surface area contributed by atoms with Crippen molar-refractivity contribution in [2.24, 2.45) is 7.05 Å². The maximum absolute atomic E-state index is 14.8. The number of fused-ring (bicyclic) bond motifs is 1. The molecule has 8 heteroatoms. The van der Waals surface area contributed by atoms with Gasteiger partial charge in [0, 0.05) is 24.7 Å². The lowest BCUT2D eigenvalue weighted by Gasteiger charge is -2.23. The lowest BCUT2D eigenvalue weighted by Crippen LogP contribution is -2.27. The standard InChI is InChI=1S/C17H18FN5O2/c1-22-14-9-11(10-2-5-19-6-3-10)13(18)8-12(14)16(21-22)23-7-4-15(24)20-17(23)25/h4,7-10,19H,2-3,5-6H2,1H3,(H,20,24,25). The maximum atomic E-state index is 14.8. The summed E-state index contributed by atoms with van der Waals surface area (Å²) < 4.78 is 17.6. The maximum Gasteiger partial charge on any atom is 0.334 e. The zero-order chi connectivity index (χ0) is 17.6. The van der Waals surface area contributed by atoms with Gasteiger partial charge in [-0.15, -0.1) is 0 Å². The average Bonchev–Trinajstić information content (AvgIpc) is 2.91. The van der Waals surface area contributed by atoms with Crippen LogP contribution in [-0.2, 0) is 7.05 Å². The second-order valence-corrected chi connectivity index (χ2v) is 6.34. The van der Waals surface area contributed by atoms with Gasteiger partial charge in [0.15, 0.2) is 5.82 Å². The van der Waals surface area contributed by atoms with Gasteiger partial charge in [0.1, 0.15) is 5.82 Å². The number of aryl methyl sites for hydroxylation is 1. The minimum atomic E-state index is -0.602. The largest absolute Gasteiger partial charge is 0.334 e. The Morgan fingerprint density at radius 3 is 2.72 bits per heavy atom. The molecule has 1 aromatic carbocycles. The fourth-order valence-electron chi connectivity index (χ4n) is 3.48.